The molecule has 0 aliphatic rings. The van der Waals surface area contributed by atoms with E-state index >= 15 is 0 Å². The van der Waals surface area contributed by atoms with Crippen LogP contribution in [0.1, 0.15) is 18.4 Å². The van der Waals surface area contributed by atoms with Crippen molar-refractivity contribution < 1.29 is 14.3 Å². The molecule has 0 radical (unpaired) electrons. The lowest BCUT2D eigenvalue weighted by Gasteiger charge is -2.10. The maximum atomic E-state index is 11.9. The predicted octanol–water partition coefficient (Wildman–Crippen LogP) is 4.14. The third kappa shape index (κ3) is 6.08. The number of nitrogens with one attached hydrogen (secondary N) is 1. The van der Waals surface area contributed by atoms with E-state index in [1.54, 1.807) is 13.2 Å². The molecule has 1 N–H and O–H groups in total. The van der Waals surface area contributed by atoms with Crippen LogP contribution in [0, 0.1) is 12.3 Å². The molecule has 25 heavy (non-hydrogen) atoms. The summed E-state index contributed by atoms with van der Waals surface area (Å²) in [6, 6.07) is 14.8. The summed E-state index contributed by atoms with van der Waals surface area (Å²) in [5, 5.41) is 2.79. The van der Waals surface area contributed by atoms with E-state index in [0.29, 0.717) is 24.5 Å². The highest BCUT2D eigenvalue weighted by molar-refractivity contribution is 6.01. The van der Waals surface area contributed by atoms with Crippen LogP contribution in [0.3, 0.4) is 0 Å². The van der Waals surface area contributed by atoms with Gasteiger partial charge in [-0.15, -0.1) is 12.3 Å². The topological polar surface area (TPSA) is 47.6 Å². The Kier molecular flexibility index (Phi) is 7.14. The lowest BCUT2D eigenvalue weighted by atomic mass is 10.2. The number of carbonyl (C=O) groups excluding carboxylic acids is 1. The van der Waals surface area contributed by atoms with Crippen LogP contribution < -0.4 is 14.8 Å². The molecule has 2 rings (SSSR count). The molecule has 0 aliphatic carbocycles. The zero-order chi connectivity index (χ0) is 17.9. The van der Waals surface area contributed by atoms with Crippen LogP contribution in [0.2, 0.25) is 0 Å². The number of methoxy groups -OCH3 is 1. The summed E-state index contributed by atoms with van der Waals surface area (Å²) in [5.74, 6) is 3.66. The summed E-state index contributed by atoms with van der Waals surface area (Å²) >= 11 is 0. The van der Waals surface area contributed by atoms with Crippen LogP contribution in [0.25, 0.3) is 6.08 Å². The normalized spacial score (nSPS) is 10.2. The van der Waals surface area contributed by atoms with Crippen molar-refractivity contribution in [2.24, 2.45) is 0 Å². The maximum absolute atomic E-state index is 11.9. The summed E-state index contributed by atoms with van der Waals surface area (Å²) in [5.41, 5.74) is 1.60. The van der Waals surface area contributed by atoms with E-state index in [0.717, 1.165) is 17.7 Å². The van der Waals surface area contributed by atoms with Crippen molar-refractivity contribution in [1.82, 2.24) is 0 Å². The van der Waals surface area contributed by atoms with Crippen molar-refractivity contribution >= 4 is 17.7 Å². The summed E-state index contributed by atoms with van der Waals surface area (Å²) in [7, 11) is 1.58. The number of amides is 1. The molecule has 4 heteroatoms. The van der Waals surface area contributed by atoms with Gasteiger partial charge in [-0.25, -0.2) is 0 Å². The average molecular weight is 335 g/mol. The van der Waals surface area contributed by atoms with Gasteiger partial charge in [0.2, 0.25) is 5.91 Å². The van der Waals surface area contributed by atoms with Gasteiger partial charge in [0.15, 0.2) is 11.5 Å². The van der Waals surface area contributed by atoms with Crippen LogP contribution >= 0.6 is 0 Å². The van der Waals surface area contributed by atoms with E-state index < -0.39 is 0 Å². The van der Waals surface area contributed by atoms with Crippen molar-refractivity contribution in [1.29, 1.82) is 0 Å². The third-order valence-corrected chi connectivity index (χ3v) is 3.38. The van der Waals surface area contributed by atoms with Crippen LogP contribution in [0.5, 0.6) is 11.5 Å². The van der Waals surface area contributed by atoms with Crippen molar-refractivity contribution in [2.45, 2.75) is 12.8 Å². The molecule has 0 unspecified atom stereocenters. The van der Waals surface area contributed by atoms with Crippen molar-refractivity contribution in [3.8, 4) is 23.8 Å². The maximum Gasteiger partial charge on any atom is 0.248 e. The van der Waals surface area contributed by atoms with Crippen molar-refractivity contribution in [2.75, 3.05) is 19.0 Å². The van der Waals surface area contributed by atoms with Crippen LogP contribution in [-0.2, 0) is 4.79 Å². The number of rotatable bonds is 8. The minimum atomic E-state index is -0.195. The molecule has 0 aromatic heterocycles. The van der Waals surface area contributed by atoms with E-state index in [9.17, 15) is 4.79 Å². The van der Waals surface area contributed by atoms with E-state index in [2.05, 4.69) is 11.2 Å². The molecule has 0 aliphatic heterocycles. The predicted molar refractivity (Wildman–Crippen MR) is 101 cm³/mol. The molecule has 1 amide bonds. The molecular weight excluding hydrogens is 314 g/mol. The number of terminal acetylenes is 1. The Balaban J connectivity index is 1.97. The molecule has 0 atom stereocenters. The summed E-state index contributed by atoms with van der Waals surface area (Å²) in [4.78, 5) is 11.9. The molecule has 0 saturated heterocycles. The molecule has 2 aromatic carbocycles. The zero-order valence-electron chi connectivity index (χ0n) is 14.2. The number of benzene rings is 2. The number of hydrogen-bond acceptors (Lipinski definition) is 3. The second-order valence-electron chi connectivity index (χ2n) is 5.26. The number of hydrogen-bond donors (Lipinski definition) is 1. The van der Waals surface area contributed by atoms with Gasteiger partial charge in [0.25, 0.3) is 0 Å². The fourth-order valence-corrected chi connectivity index (χ4v) is 2.14. The summed E-state index contributed by atoms with van der Waals surface area (Å²) in [6.07, 6.45) is 9.90. The van der Waals surface area contributed by atoms with Crippen LogP contribution in [-0.4, -0.2) is 19.6 Å². The first-order valence-electron chi connectivity index (χ1n) is 8.01. The van der Waals surface area contributed by atoms with Gasteiger partial charge in [-0.1, -0.05) is 24.3 Å². The number of ether oxygens (including phenoxy) is 2. The fourth-order valence-electron chi connectivity index (χ4n) is 2.14. The van der Waals surface area contributed by atoms with Gasteiger partial charge in [-0.3, -0.25) is 4.79 Å². The molecule has 0 bridgehead atoms. The zero-order valence-corrected chi connectivity index (χ0v) is 14.2. The number of para-hydroxylation sites is 1. The van der Waals surface area contributed by atoms with E-state index in [-0.39, 0.29) is 5.91 Å². The van der Waals surface area contributed by atoms with Gasteiger partial charge in [-0.05, 0) is 42.3 Å². The minimum Gasteiger partial charge on any atom is -0.493 e. The summed E-state index contributed by atoms with van der Waals surface area (Å²) in [6.45, 7) is 0.537. The first-order chi connectivity index (χ1) is 12.2. The van der Waals surface area contributed by atoms with Gasteiger partial charge in [-0.2, -0.15) is 0 Å². The first kappa shape index (κ1) is 18.2. The second kappa shape index (κ2) is 9.84. The van der Waals surface area contributed by atoms with Gasteiger partial charge >= 0.3 is 0 Å². The Hall–Kier alpha value is -3.19. The minimum absolute atomic E-state index is 0.195. The number of unbranched alkanes of at least 4 members (excludes halogenated alkanes) is 1. The van der Waals surface area contributed by atoms with Gasteiger partial charge in [0.05, 0.1) is 13.7 Å². The monoisotopic (exact) mass is 335 g/mol. The standard InChI is InChI=1S/C21H21NO3/c1-3-4-8-15-25-19-13-11-17(16-20(19)24-2)12-14-21(23)22-18-9-6-5-7-10-18/h1,5-7,9-14,16H,4,8,15H2,2H3,(H,22,23)/b14-12+. The summed E-state index contributed by atoms with van der Waals surface area (Å²) < 4.78 is 11.0. The van der Waals surface area contributed by atoms with Gasteiger partial charge in [0, 0.05) is 18.2 Å². The Bertz CT molecular complexity index is 760. The number of anilines is 1. The largest absolute Gasteiger partial charge is 0.493 e. The lowest BCUT2D eigenvalue weighted by Crippen LogP contribution is -2.07. The van der Waals surface area contributed by atoms with E-state index in [1.807, 2.05) is 48.5 Å². The van der Waals surface area contributed by atoms with Gasteiger partial charge in [0.1, 0.15) is 0 Å². The molecular formula is C21H21NO3. The molecule has 0 spiro atoms. The highest BCUT2D eigenvalue weighted by Gasteiger charge is 2.05. The number of carbonyl (C=O) groups is 1. The van der Waals surface area contributed by atoms with E-state index in [4.69, 9.17) is 15.9 Å². The van der Waals surface area contributed by atoms with Crippen LogP contribution in [0.15, 0.2) is 54.6 Å². The van der Waals surface area contributed by atoms with E-state index in [1.165, 1.54) is 6.08 Å². The van der Waals surface area contributed by atoms with Crippen molar-refractivity contribution in [3.05, 3.63) is 60.2 Å². The molecule has 0 heterocycles. The molecule has 128 valence electrons. The Morgan fingerprint density at radius 1 is 1.20 bits per heavy atom. The molecule has 0 saturated carbocycles. The van der Waals surface area contributed by atoms with Crippen LogP contribution in [0.4, 0.5) is 5.69 Å². The quantitative estimate of drug-likeness (QED) is 0.448. The Morgan fingerprint density at radius 3 is 2.72 bits per heavy atom. The second-order valence-corrected chi connectivity index (χ2v) is 5.26. The first-order valence-corrected chi connectivity index (χ1v) is 8.01. The Morgan fingerprint density at radius 2 is 2.00 bits per heavy atom. The molecule has 2 aromatic rings. The SMILES string of the molecule is C#CCCCOc1ccc(/C=C/C(=O)Nc2ccccc2)cc1OC. The highest BCUT2D eigenvalue weighted by atomic mass is 16.5. The average Bonchev–Trinajstić information content (AvgIpc) is 2.65. The lowest BCUT2D eigenvalue weighted by molar-refractivity contribution is -0.111. The third-order valence-electron chi connectivity index (χ3n) is 3.38. The highest BCUT2D eigenvalue weighted by Crippen LogP contribution is 2.28. The fraction of sp³-hybridized carbons (Fsp3) is 0.190. The smallest absolute Gasteiger partial charge is 0.248 e. The Labute approximate surface area is 148 Å². The molecule has 4 nitrogen and oxygen atoms in total. The molecule has 0 fully saturated rings. The van der Waals surface area contributed by atoms with Gasteiger partial charge < -0.3 is 14.8 Å². The van der Waals surface area contributed by atoms with Crippen molar-refractivity contribution in [3.63, 3.8) is 0 Å².